The van der Waals surface area contributed by atoms with Crippen molar-refractivity contribution >= 4 is 23.1 Å². The van der Waals surface area contributed by atoms with E-state index in [1.165, 1.54) is 12.3 Å². The maximum Gasteiger partial charge on any atom is 0.249 e. The summed E-state index contributed by atoms with van der Waals surface area (Å²) in [5.41, 5.74) is 0.797. The van der Waals surface area contributed by atoms with E-state index in [4.69, 9.17) is 4.74 Å². The molecule has 2 aromatic carbocycles. The van der Waals surface area contributed by atoms with Crippen molar-refractivity contribution in [2.75, 3.05) is 17.7 Å². The molecule has 0 atom stereocenters. The summed E-state index contributed by atoms with van der Waals surface area (Å²) in [6.45, 7) is 0. The molecule has 3 rings (SSSR count). The Morgan fingerprint density at radius 3 is 2.71 bits per heavy atom. The molecular weight excluding hydrogens is 316 g/mol. The Hall–Kier alpha value is -3.29. The summed E-state index contributed by atoms with van der Waals surface area (Å²) in [6, 6.07) is 10.4. The lowest BCUT2D eigenvalue weighted by molar-refractivity contribution is 0.415. The summed E-state index contributed by atoms with van der Waals surface area (Å²) in [5.74, 6) is -0.220. The van der Waals surface area contributed by atoms with E-state index in [0.717, 1.165) is 12.1 Å². The van der Waals surface area contributed by atoms with Gasteiger partial charge in [-0.3, -0.25) is 0 Å². The first-order valence-electron chi connectivity index (χ1n) is 6.97. The molecule has 6 nitrogen and oxygen atoms in total. The fourth-order valence-electron chi connectivity index (χ4n) is 1.98. The molecule has 1 aromatic heterocycles. The zero-order valence-corrected chi connectivity index (χ0v) is 12.6. The van der Waals surface area contributed by atoms with Crippen LogP contribution in [0.25, 0.3) is 0 Å². The van der Waals surface area contributed by atoms with Gasteiger partial charge in [0.2, 0.25) is 5.95 Å². The number of anilines is 4. The van der Waals surface area contributed by atoms with Gasteiger partial charge in [-0.1, -0.05) is 6.07 Å². The number of nitrogens with one attached hydrogen (secondary N) is 2. The lowest BCUT2D eigenvalue weighted by atomic mass is 10.3. The topological polar surface area (TPSA) is 72.0 Å². The van der Waals surface area contributed by atoms with Crippen LogP contribution in [0.2, 0.25) is 0 Å². The standard InChI is InChI=1S/C16H13F2N5O/c1-24-12-4-2-3-11(8-12)20-16-22-15(9-19-23-16)21-14-6-5-10(17)7-13(14)18/h2-9H,1H3,(H2,20,21,22,23). The maximum atomic E-state index is 13.7. The second kappa shape index (κ2) is 6.86. The third kappa shape index (κ3) is 3.72. The normalized spacial score (nSPS) is 10.3. The molecule has 24 heavy (non-hydrogen) atoms. The van der Waals surface area contributed by atoms with Crippen molar-refractivity contribution in [3.63, 3.8) is 0 Å². The minimum atomic E-state index is -0.726. The zero-order chi connectivity index (χ0) is 16.9. The molecule has 0 aliphatic heterocycles. The number of hydrogen-bond acceptors (Lipinski definition) is 6. The summed E-state index contributed by atoms with van der Waals surface area (Å²) in [4.78, 5) is 4.19. The average Bonchev–Trinajstić information content (AvgIpc) is 2.58. The van der Waals surface area contributed by atoms with Crippen molar-refractivity contribution in [3.8, 4) is 5.75 Å². The Bertz CT molecular complexity index is 859. The number of hydrogen-bond donors (Lipinski definition) is 2. The van der Waals surface area contributed by atoms with Crippen molar-refractivity contribution < 1.29 is 13.5 Å². The first-order chi connectivity index (χ1) is 11.6. The van der Waals surface area contributed by atoms with Gasteiger partial charge < -0.3 is 15.4 Å². The van der Waals surface area contributed by atoms with Crippen LogP contribution >= 0.6 is 0 Å². The summed E-state index contributed by atoms with van der Waals surface area (Å²) in [7, 11) is 1.57. The van der Waals surface area contributed by atoms with Gasteiger partial charge in [-0.15, -0.1) is 5.10 Å². The lowest BCUT2D eigenvalue weighted by Gasteiger charge is -2.09. The van der Waals surface area contributed by atoms with Gasteiger partial charge >= 0.3 is 0 Å². The molecule has 0 unspecified atom stereocenters. The third-order valence-corrected chi connectivity index (χ3v) is 3.08. The molecule has 0 aliphatic carbocycles. The molecule has 0 saturated heterocycles. The monoisotopic (exact) mass is 329 g/mol. The van der Waals surface area contributed by atoms with Crippen LogP contribution in [0.4, 0.5) is 31.9 Å². The molecule has 3 aromatic rings. The van der Waals surface area contributed by atoms with E-state index < -0.39 is 11.6 Å². The predicted molar refractivity (Wildman–Crippen MR) is 85.7 cm³/mol. The number of nitrogens with zero attached hydrogens (tertiary/aromatic N) is 3. The lowest BCUT2D eigenvalue weighted by Crippen LogP contribution is -2.03. The van der Waals surface area contributed by atoms with Gasteiger partial charge in [0.05, 0.1) is 19.0 Å². The second-order valence-electron chi connectivity index (χ2n) is 4.77. The van der Waals surface area contributed by atoms with Crippen molar-refractivity contribution in [1.29, 1.82) is 0 Å². The van der Waals surface area contributed by atoms with E-state index in [9.17, 15) is 8.78 Å². The Labute approximate surface area is 136 Å². The Morgan fingerprint density at radius 1 is 1.04 bits per heavy atom. The second-order valence-corrected chi connectivity index (χ2v) is 4.77. The van der Waals surface area contributed by atoms with E-state index in [2.05, 4.69) is 25.8 Å². The highest BCUT2D eigenvalue weighted by atomic mass is 19.1. The fourth-order valence-corrected chi connectivity index (χ4v) is 1.98. The molecule has 1 heterocycles. The molecule has 8 heteroatoms. The first kappa shape index (κ1) is 15.6. The van der Waals surface area contributed by atoms with Crippen molar-refractivity contribution in [2.24, 2.45) is 0 Å². The Morgan fingerprint density at radius 2 is 1.92 bits per heavy atom. The number of ether oxygens (including phenoxy) is 1. The number of benzene rings is 2. The van der Waals surface area contributed by atoms with Crippen LogP contribution in [0, 0.1) is 11.6 Å². The molecule has 122 valence electrons. The van der Waals surface area contributed by atoms with E-state index in [1.807, 2.05) is 12.1 Å². The highest BCUT2D eigenvalue weighted by Crippen LogP contribution is 2.21. The summed E-state index contributed by atoms with van der Waals surface area (Å²) >= 11 is 0. The van der Waals surface area contributed by atoms with E-state index in [1.54, 1.807) is 19.2 Å². The highest BCUT2D eigenvalue weighted by Gasteiger charge is 2.07. The van der Waals surface area contributed by atoms with Crippen LogP contribution in [0.15, 0.2) is 48.7 Å². The third-order valence-electron chi connectivity index (χ3n) is 3.08. The largest absolute Gasteiger partial charge is 0.497 e. The summed E-state index contributed by atoms with van der Waals surface area (Å²) < 4.78 is 31.7. The molecule has 0 fully saturated rings. The quantitative estimate of drug-likeness (QED) is 0.744. The molecule has 0 radical (unpaired) electrons. The SMILES string of the molecule is COc1cccc(Nc2nncc(Nc3ccc(F)cc3F)n2)c1. The minimum Gasteiger partial charge on any atom is -0.497 e. The molecule has 0 bridgehead atoms. The number of methoxy groups -OCH3 is 1. The van der Waals surface area contributed by atoms with Crippen molar-refractivity contribution in [2.45, 2.75) is 0 Å². The zero-order valence-electron chi connectivity index (χ0n) is 12.6. The average molecular weight is 329 g/mol. The van der Waals surface area contributed by atoms with E-state index >= 15 is 0 Å². The van der Waals surface area contributed by atoms with Crippen LogP contribution < -0.4 is 15.4 Å². The smallest absolute Gasteiger partial charge is 0.249 e. The maximum absolute atomic E-state index is 13.7. The first-order valence-corrected chi connectivity index (χ1v) is 6.97. The van der Waals surface area contributed by atoms with E-state index in [-0.39, 0.29) is 17.5 Å². The number of halogens is 2. The van der Waals surface area contributed by atoms with Crippen LogP contribution in [0.1, 0.15) is 0 Å². The summed E-state index contributed by atoms with van der Waals surface area (Å²) in [6.07, 6.45) is 1.33. The van der Waals surface area contributed by atoms with Crippen molar-refractivity contribution in [3.05, 3.63) is 60.3 Å². The Kier molecular flexibility index (Phi) is 4.46. The van der Waals surface area contributed by atoms with Gasteiger partial charge in [-0.05, 0) is 24.3 Å². The van der Waals surface area contributed by atoms with Gasteiger partial charge in [0.25, 0.3) is 0 Å². The van der Waals surface area contributed by atoms with Gasteiger partial charge in [0.1, 0.15) is 17.4 Å². The van der Waals surface area contributed by atoms with Gasteiger partial charge in [0.15, 0.2) is 5.82 Å². The minimum absolute atomic E-state index is 0.0873. The highest BCUT2D eigenvalue weighted by molar-refractivity contribution is 5.59. The number of rotatable bonds is 5. The van der Waals surface area contributed by atoms with Crippen LogP contribution in [0.3, 0.4) is 0 Å². The van der Waals surface area contributed by atoms with E-state index in [0.29, 0.717) is 11.4 Å². The molecule has 0 amide bonds. The molecule has 2 N–H and O–H groups in total. The number of aromatic nitrogens is 3. The summed E-state index contributed by atoms with van der Waals surface area (Å²) in [5, 5.41) is 13.4. The van der Waals surface area contributed by atoms with Crippen molar-refractivity contribution in [1.82, 2.24) is 15.2 Å². The molecule has 0 spiro atoms. The molecule has 0 aliphatic rings. The molecule has 0 saturated carbocycles. The van der Waals surface area contributed by atoms with Crippen LogP contribution in [0.5, 0.6) is 5.75 Å². The Balaban J connectivity index is 1.78. The van der Waals surface area contributed by atoms with Gasteiger partial charge in [-0.25, -0.2) is 8.78 Å². The van der Waals surface area contributed by atoms with Crippen LogP contribution in [-0.4, -0.2) is 22.3 Å². The van der Waals surface area contributed by atoms with Crippen LogP contribution in [-0.2, 0) is 0 Å². The molecular formula is C16H13F2N5O. The predicted octanol–water partition coefficient (Wildman–Crippen LogP) is 3.65. The fraction of sp³-hybridized carbons (Fsp3) is 0.0625. The van der Waals surface area contributed by atoms with Gasteiger partial charge in [0, 0.05) is 17.8 Å². The van der Waals surface area contributed by atoms with Gasteiger partial charge in [-0.2, -0.15) is 10.1 Å².